The minimum atomic E-state index is -0.0175. The third kappa shape index (κ3) is 4.21. The van der Waals surface area contributed by atoms with E-state index in [4.69, 9.17) is 9.72 Å². The fourth-order valence-corrected chi connectivity index (χ4v) is 5.56. The van der Waals surface area contributed by atoms with Crippen LogP contribution < -0.4 is 4.90 Å². The fourth-order valence-electron chi connectivity index (χ4n) is 3.78. The number of carbonyl (C=O) groups is 1. The topological polar surface area (TPSA) is 58.6 Å². The van der Waals surface area contributed by atoms with Gasteiger partial charge in [-0.15, -0.1) is 11.3 Å². The summed E-state index contributed by atoms with van der Waals surface area (Å²) in [4.78, 5) is 27.0. The normalized spacial score (nSPS) is 15.0. The largest absolute Gasteiger partial charge is 0.379 e. The Balaban J connectivity index is 1.49. The second-order valence-corrected chi connectivity index (χ2v) is 9.74. The lowest BCUT2D eigenvalue weighted by Gasteiger charge is -2.29. The van der Waals surface area contributed by atoms with E-state index in [1.54, 1.807) is 22.7 Å². The molecule has 0 spiro atoms. The van der Waals surface area contributed by atoms with Gasteiger partial charge in [0, 0.05) is 31.7 Å². The van der Waals surface area contributed by atoms with Crippen molar-refractivity contribution < 1.29 is 9.53 Å². The smallest absolute Gasteiger partial charge is 0.260 e. The van der Waals surface area contributed by atoms with Gasteiger partial charge in [-0.25, -0.2) is 9.97 Å². The van der Waals surface area contributed by atoms with Gasteiger partial charge < -0.3 is 4.74 Å². The molecule has 160 valence electrons. The molecule has 3 heterocycles. The quantitative estimate of drug-likeness (QED) is 0.446. The van der Waals surface area contributed by atoms with E-state index < -0.39 is 0 Å². The Labute approximate surface area is 189 Å². The Morgan fingerprint density at radius 1 is 1.10 bits per heavy atom. The monoisotopic (exact) mass is 452 g/mol. The number of hydrogen-bond donors (Lipinski definition) is 0. The van der Waals surface area contributed by atoms with Crippen molar-refractivity contribution in [2.45, 2.75) is 13.8 Å². The van der Waals surface area contributed by atoms with E-state index in [0.717, 1.165) is 58.4 Å². The number of aryl methyl sites for hydroxylation is 2. The van der Waals surface area contributed by atoms with Crippen molar-refractivity contribution in [1.29, 1.82) is 0 Å². The Morgan fingerprint density at radius 2 is 1.90 bits per heavy atom. The highest BCUT2D eigenvalue weighted by Gasteiger charge is 2.23. The minimum Gasteiger partial charge on any atom is -0.379 e. The first-order valence-electron chi connectivity index (χ1n) is 10.4. The predicted molar refractivity (Wildman–Crippen MR) is 128 cm³/mol. The maximum absolute atomic E-state index is 13.6. The number of amides is 1. The Morgan fingerprint density at radius 3 is 2.74 bits per heavy atom. The number of hydrogen-bond acceptors (Lipinski definition) is 7. The molecule has 2 aromatic heterocycles. The molecule has 1 aliphatic heterocycles. The van der Waals surface area contributed by atoms with Crippen LogP contribution in [0.3, 0.4) is 0 Å². The van der Waals surface area contributed by atoms with Crippen LogP contribution in [0.4, 0.5) is 5.13 Å². The summed E-state index contributed by atoms with van der Waals surface area (Å²) in [5.74, 6) is -0.0175. The molecule has 6 nitrogen and oxygen atoms in total. The van der Waals surface area contributed by atoms with Crippen LogP contribution in [-0.2, 0) is 4.74 Å². The van der Waals surface area contributed by atoms with Crippen molar-refractivity contribution in [3.8, 4) is 0 Å². The average molecular weight is 453 g/mol. The van der Waals surface area contributed by atoms with Gasteiger partial charge in [0.2, 0.25) is 0 Å². The van der Waals surface area contributed by atoms with Gasteiger partial charge in [0.05, 0.1) is 39.2 Å². The lowest BCUT2D eigenvalue weighted by atomic mass is 10.1. The van der Waals surface area contributed by atoms with Crippen LogP contribution in [-0.4, -0.2) is 60.2 Å². The SMILES string of the molecule is Cc1cc2nc(N(CCN3CCOCC3)C(=O)c3ccc4ncsc4c3)sc2cc1C. The van der Waals surface area contributed by atoms with Crippen molar-refractivity contribution in [3.63, 3.8) is 0 Å². The standard InChI is InChI=1S/C23H24N4O2S2/c1-15-11-19-21(12-16(15)2)31-23(25-19)27(6-5-26-7-9-29-10-8-26)22(28)17-3-4-18-20(13-17)30-14-24-18/h3-4,11-14H,5-10H2,1-2H3. The maximum Gasteiger partial charge on any atom is 0.260 e. The summed E-state index contributed by atoms with van der Waals surface area (Å²) in [6, 6.07) is 10.0. The fraction of sp³-hybridized carbons (Fsp3) is 0.348. The highest BCUT2D eigenvalue weighted by molar-refractivity contribution is 7.22. The molecule has 0 saturated carbocycles. The van der Waals surface area contributed by atoms with Crippen LogP contribution in [0.5, 0.6) is 0 Å². The molecule has 5 rings (SSSR count). The molecule has 0 radical (unpaired) electrons. The predicted octanol–water partition coefficient (Wildman–Crippen LogP) is 4.50. The van der Waals surface area contributed by atoms with Crippen LogP contribution in [0.1, 0.15) is 21.5 Å². The highest BCUT2D eigenvalue weighted by atomic mass is 32.1. The maximum atomic E-state index is 13.6. The van der Waals surface area contributed by atoms with Crippen molar-refractivity contribution in [2.75, 3.05) is 44.3 Å². The lowest BCUT2D eigenvalue weighted by Crippen LogP contribution is -2.43. The van der Waals surface area contributed by atoms with E-state index in [1.165, 1.54) is 11.1 Å². The van der Waals surface area contributed by atoms with E-state index in [-0.39, 0.29) is 5.91 Å². The highest BCUT2D eigenvalue weighted by Crippen LogP contribution is 2.32. The van der Waals surface area contributed by atoms with E-state index in [0.29, 0.717) is 12.1 Å². The summed E-state index contributed by atoms with van der Waals surface area (Å²) in [5.41, 5.74) is 6.81. The summed E-state index contributed by atoms with van der Waals surface area (Å²) in [5, 5.41) is 0.752. The van der Waals surface area contributed by atoms with E-state index >= 15 is 0 Å². The molecule has 1 saturated heterocycles. The Kier molecular flexibility index (Phi) is 5.71. The number of carbonyl (C=O) groups excluding carboxylic acids is 1. The van der Waals surface area contributed by atoms with Gasteiger partial charge in [-0.2, -0.15) is 0 Å². The van der Waals surface area contributed by atoms with Crippen LogP contribution >= 0.6 is 22.7 Å². The van der Waals surface area contributed by atoms with Gasteiger partial charge in [-0.1, -0.05) is 11.3 Å². The van der Waals surface area contributed by atoms with Crippen molar-refractivity contribution in [3.05, 3.63) is 52.5 Å². The van der Waals surface area contributed by atoms with Gasteiger partial charge in [0.1, 0.15) is 0 Å². The molecule has 1 fully saturated rings. The van der Waals surface area contributed by atoms with Crippen LogP contribution in [0.25, 0.3) is 20.4 Å². The van der Waals surface area contributed by atoms with Gasteiger partial charge in [0.15, 0.2) is 5.13 Å². The van der Waals surface area contributed by atoms with Gasteiger partial charge >= 0.3 is 0 Å². The number of aromatic nitrogens is 2. The summed E-state index contributed by atoms with van der Waals surface area (Å²) in [6.07, 6.45) is 0. The molecule has 0 atom stereocenters. The zero-order chi connectivity index (χ0) is 21.4. The van der Waals surface area contributed by atoms with Gasteiger partial charge in [-0.05, 0) is 55.3 Å². The van der Waals surface area contributed by atoms with Crippen molar-refractivity contribution in [2.24, 2.45) is 0 Å². The number of fused-ring (bicyclic) bond motifs is 2. The number of thiazole rings is 2. The van der Waals surface area contributed by atoms with Crippen LogP contribution in [0.15, 0.2) is 35.8 Å². The van der Waals surface area contributed by atoms with E-state index in [2.05, 4.69) is 35.9 Å². The number of morpholine rings is 1. The minimum absolute atomic E-state index is 0.0175. The van der Waals surface area contributed by atoms with Gasteiger partial charge in [-0.3, -0.25) is 14.6 Å². The zero-order valence-corrected chi connectivity index (χ0v) is 19.3. The summed E-state index contributed by atoms with van der Waals surface area (Å²) in [6.45, 7) is 8.88. The molecule has 0 bridgehead atoms. The molecular formula is C23H24N4O2S2. The first-order valence-corrected chi connectivity index (χ1v) is 12.1. The molecule has 1 aliphatic rings. The van der Waals surface area contributed by atoms with E-state index in [1.807, 2.05) is 28.6 Å². The van der Waals surface area contributed by atoms with Crippen molar-refractivity contribution in [1.82, 2.24) is 14.9 Å². The molecule has 8 heteroatoms. The van der Waals surface area contributed by atoms with Crippen LogP contribution in [0.2, 0.25) is 0 Å². The lowest BCUT2D eigenvalue weighted by molar-refractivity contribution is 0.0391. The van der Waals surface area contributed by atoms with Crippen molar-refractivity contribution >= 4 is 54.1 Å². The number of anilines is 1. The summed E-state index contributed by atoms with van der Waals surface area (Å²) < 4.78 is 7.60. The first kappa shape index (κ1) is 20.5. The first-order chi connectivity index (χ1) is 15.1. The van der Waals surface area contributed by atoms with Gasteiger partial charge in [0.25, 0.3) is 5.91 Å². The Hall–Kier alpha value is -2.39. The summed E-state index contributed by atoms with van der Waals surface area (Å²) in [7, 11) is 0. The third-order valence-corrected chi connectivity index (χ3v) is 7.62. The molecule has 1 amide bonds. The summed E-state index contributed by atoms with van der Waals surface area (Å²) >= 11 is 3.14. The molecule has 0 aliphatic carbocycles. The second kappa shape index (κ2) is 8.63. The Bertz CT molecular complexity index is 1200. The molecular weight excluding hydrogens is 428 g/mol. The molecule has 2 aromatic carbocycles. The number of ether oxygens (including phenoxy) is 1. The third-order valence-electron chi connectivity index (χ3n) is 5.79. The average Bonchev–Trinajstić information content (AvgIpc) is 3.41. The molecule has 31 heavy (non-hydrogen) atoms. The molecule has 0 N–H and O–H groups in total. The molecule has 4 aromatic rings. The van der Waals surface area contributed by atoms with E-state index in [9.17, 15) is 4.79 Å². The number of benzene rings is 2. The second-order valence-electron chi connectivity index (χ2n) is 7.85. The number of nitrogens with zero attached hydrogens (tertiary/aromatic N) is 4. The number of rotatable bonds is 5. The molecule has 0 unspecified atom stereocenters. The van der Waals surface area contributed by atoms with Crippen LogP contribution in [0, 0.1) is 13.8 Å². The zero-order valence-electron chi connectivity index (χ0n) is 17.6.